The van der Waals surface area contributed by atoms with Gasteiger partial charge in [-0.25, -0.2) is 4.79 Å². The molecule has 2 amide bonds. The maximum absolute atomic E-state index is 12.3. The number of anilines is 1. The van der Waals surface area contributed by atoms with Crippen molar-refractivity contribution in [3.63, 3.8) is 0 Å². The quantitative estimate of drug-likeness (QED) is 0.859. The minimum atomic E-state index is -0.375. The smallest absolute Gasteiger partial charge is 0.338 e. The lowest BCUT2D eigenvalue weighted by atomic mass is 9.96. The second-order valence-corrected chi connectivity index (χ2v) is 6.30. The van der Waals surface area contributed by atoms with Crippen LogP contribution in [0.5, 0.6) is 0 Å². The molecule has 1 fully saturated rings. The molecule has 130 valence electrons. The molecule has 0 aromatic heterocycles. The highest BCUT2D eigenvalue weighted by atomic mass is 16.5. The van der Waals surface area contributed by atoms with E-state index in [1.165, 1.54) is 0 Å². The number of carbonyl (C=O) groups excluding carboxylic acids is 3. The van der Waals surface area contributed by atoms with Crippen LogP contribution in [-0.4, -0.2) is 41.9 Å². The van der Waals surface area contributed by atoms with E-state index in [2.05, 4.69) is 5.32 Å². The monoisotopic (exact) mass is 332 g/mol. The van der Waals surface area contributed by atoms with Crippen LogP contribution in [0.1, 0.15) is 44.0 Å². The lowest BCUT2D eigenvalue weighted by molar-refractivity contribution is -0.132. The Morgan fingerprint density at radius 2 is 1.71 bits per heavy atom. The molecular formula is C18H24N2O4. The summed E-state index contributed by atoms with van der Waals surface area (Å²) in [6.07, 6.45) is 1.17. The molecule has 1 saturated heterocycles. The van der Waals surface area contributed by atoms with Crippen LogP contribution in [0.25, 0.3) is 0 Å². The van der Waals surface area contributed by atoms with Crippen LogP contribution < -0.4 is 5.32 Å². The molecule has 0 unspecified atom stereocenters. The Hall–Kier alpha value is -2.37. The topological polar surface area (TPSA) is 75.7 Å². The van der Waals surface area contributed by atoms with Crippen molar-refractivity contribution < 1.29 is 19.1 Å². The number of rotatable bonds is 4. The molecule has 1 aliphatic heterocycles. The summed E-state index contributed by atoms with van der Waals surface area (Å²) in [4.78, 5) is 37.2. The second-order valence-electron chi connectivity index (χ2n) is 6.30. The number of piperidine rings is 1. The van der Waals surface area contributed by atoms with E-state index >= 15 is 0 Å². The Kier molecular flexibility index (Phi) is 5.95. The molecule has 2 rings (SSSR count). The van der Waals surface area contributed by atoms with Crippen molar-refractivity contribution in [1.82, 2.24) is 4.90 Å². The highest BCUT2D eigenvalue weighted by Crippen LogP contribution is 2.20. The third kappa shape index (κ3) is 4.81. The summed E-state index contributed by atoms with van der Waals surface area (Å²) in [7, 11) is 0. The summed E-state index contributed by atoms with van der Waals surface area (Å²) in [5.41, 5.74) is 1.10. The van der Waals surface area contributed by atoms with Gasteiger partial charge in [0.25, 0.3) is 0 Å². The Morgan fingerprint density at radius 1 is 1.12 bits per heavy atom. The van der Waals surface area contributed by atoms with Crippen molar-refractivity contribution in [2.45, 2.75) is 39.7 Å². The van der Waals surface area contributed by atoms with Crippen LogP contribution in [0.3, 0.4) is 0 Å². The first-order chi connectivity index (χ1) is 11.4. The number of amides is 2. The molecule has 24 heavy (non-hydrogen) atoms. The first-order valence-corrected chi connectivity index (χ1v) is 8.24. The molecule has 0 bridgehead atoms. The van der Waals surface area contributed by atoms with E-state index in [1.54, 1.807) is 49.9 Å². The van der Waals surface area contributed by atoms with E-state index in [9.17, 15) is 14.4 Å². The summed E-state index contributed by atoms with van der Waals surface area (Å²) in [6.45, 7) is 6.38. The van der Waals surface area contributed by atoms with Gasteiger partial charge < -0.3 is 15.0 Å². The fourth-order valence-corrected chi connectivity index (χ4v) is 2.67. The average molecular weight is 332 g/mol. The molecule has 0 radical (unpaired) electrons. The number of hydrogen-bond donors (Lipinski definition) is 1. The van der Waals surface area contributed by atoms with Gasteiger partial charge in [0, 0.05) is 31.6 Å². The average Bonchev–Trinajstić information content (AvgIpc) is 2.55. The van der Waals surface area contributed by atoms with Crippen molar-refractivity contribution >= 4 is 23.5 Å². The molecule has 1 aromatic rings. The maximum atomic E-state index is 12.3. The normalized spacial score (nSPS) is 15.2. The van der Waals surface area contributed by atoms with E-state index in [-0.39, 0.29) is 29.8 Å². The van der Waals surface area contributed by atoms with Gasteiger partial charge in [-0.05, 0) is 51.0 Å². The van der Waals surface area contributed by atoms with Gasteiger partial charge in [-0.15, -0.1) is 0 Å². The molecule has 0 saturated carbocycles. The van der Waals surface area contributed by atoms with E-state index in [1.807, 2.05) is 0 Å². The zero-order chi connectivity index (χ0) is 17.7. The Balaban J connectivity index is 1.88. The van der Waals surface area contributed by atoms with Crippen LogP contribution in [0.4, 0.5) is 5.69 Å². The molecule has 0 atom stereocenters. The number of nitrogens with one attached hydrogen (secondary N) is 1. The Labute approximate surface area is 142 Å². The molecule has 1 aromatic carbocycles. The molecule has 1 heterocycles. The highest BCUT2D eigenvalue weighted by Gasteiger charge is 2.26. The summed E-state index contributed by atoms with van der Waals surface area (Å²) in [6, 6.07) is 6.66. The van der Waals surface area contributed by atoms with Crippen LogP contribution >= 0.6 is 0 Å². The lowest BCUT2D eigenvalue weighted by Gasteiger charge is -2.30. The second kappa shape index (κ2) is 7.95. The predicted octanol–water partition coefficient (Wildman–Crippen LogP) is 2.45. The number of likely N-dealkylation sites (tertiary alicyclic amines) is 1. The molecular weight excluding hydrogens is 308 g/mol. The van der Waals surface area contributed by atoms with Gasteiger partial charge in [0.1, 0.15) is 0 Å². The van der Waals surface area contributed by atoms with Gasteiger partial charge in [0.15, 0.2) is 0 Å². The standard InChI is InChI=1S/C18H24N2O4/c1-12(2)24-18(23)15-4-6-16(7-5-15)19-17(22)14-8-10-20(11-9-14)13(3)21/h4-7,12,14H,8-11H2,1-3H3,(H,19,22). The zero-order valence-corrected chi connectivity index (χ0v) is 14.4. The SMILES string of the molecule is CC(=O)N1CCC(C(=O)Nc2ccc(C(=O)OC(C)C)cc2)CC1. The Bertz CT molecular complexity index is 602. The molecule has 1 N–H and O–H groups in total. The highest BCUT2D eigenvalue weighted by molar-refractivity contribution is 5.94. The number of hydrogen-bond acceptors (Lipinski definition) is 4. The largest absolute Gasteiger partial charge is 0.459 e. The number of benzene rings is 1. The summed E-state index contributed by atoms with van der Waals surface area (Å²) in [5, 5.41) is 2.87. The zero-order valence-electron chi connectivity index (χ0n) is 14.4. The summed E-state index contributed by atoms with van der Waals surface area (Å²) >= 11 is 0. The van der Waals surface area contributed by atoms with E-state index in [0.717, 1.165) is 0 Å². The van der Waals surface area contributed by atoms with Crippen molar-refractivity contribution in [2.24, 2.45) is 5.92 Å². The van der Waals surface area contributed by atoms with Crippen LogP contribution in [-0.2, 0) is 14.3 Å². The predicted molar refractivity (Wildman–Crippen MR) is 90.6 cm³/mol. The number of ether oxygens (including phenoxy) is 1. The Morgan fingerprint density at radius 3 is 2.21 bits per heavy atom. The minimum Gasteiger partial charge on any atom is -0.459 e. The first-order valence-electron chi connectivity index (χ1n) is 8.24. The molecule has 0 aliphatic carbocycles. The van der Waals surface area contributed by atoms with Gasteiger partial charge >= 0.3 is 5.97 Å². The van der Waals surface area contributed by atoms with E-state index in [0.29, 0.717) is 37.2 Å². The molecule has 6 heteroatoms. The first kappa shape index (κ1) is 18.0. The van der Waals surface area contributed by atoms with E-state index < -0.39 is 0 Å². The van der Waals surface area contributed by atoms with Crippen molar-refractivity contribution in [3.8, 4) is 0 Å². The molecule has 0 spiro atoms. The van der Waals surface area contributed by atoms with Gasteiger partial charge in [-0.3, -0.25) is 9.59 Å². The summed E-state index contributed by atoms with van der Waals surface area (Å²) in [5.74, 6) is -0.459. The lowest BCUT2D eigenvalue weighted by Crippen LogP contribution is -2.40. The molecule has 6 nitrogen and oxygen atoms in total. The third-order valence-electron chi connectivity index (χ3n) is 4.04. The molecule has 1 aliphatic rings. The van der Waals surface area contributed by atoms with Gasteiger partial charge in [-0.1, -0.05) is 0 Å². The minimum absolute atomic E-state index is 0.0456. The van der Waals surface area contributed by atoms with Crippen LogP contribution in [0.15, 0.2) is 24.3 Å². The van der Waals surface area contributed by atoms with Gasteiger partial charge in [0.2, 0.25) is 11.8 Å². The number of carbonyl (C=O) groups is 3. The third-order valence-corrected chi connectivity index (χ3v) is 4.04. The summed E-state index contributed by atoms with van der Waals surface area (Å²) < 4.78 is 5.12. The van der Waals surface area contributed by atoms with Crippen molar-refractivity contribution in [1.29, 1.82) is 0 Å². The number of esters is 1. The fraction of sp³-hybridized carbons (Fsp3) is 0.500. The van der Waals surface area contributed by atoms with Gasteiger partial charge in [-0.2, -0.15) is 0 Å². The van der Waals surface area contributed by atoms with Crippen LogP contribution in [0, 0.1) is 5.92 Å². The van der Waals surface area contributed by atoms with Crippen molar-refractivity contribution in [3.05, 3.63) is 29.8 Å². The van der Waals surface area contributed by atoms with Crippen LogP contribution in [0.2, 0.25) is 0 Å². The maximum Gasteiger partial charge on any atom is 0.338 e. The number of nitrogens with zero attached hydrogens (tertiary/aromatic N) is 1. The van der Waals surface area contributed by atoms with Crippen molar-refractivity contribution in [2.75, 3.05) is 18.4 Å². The van der Waals surface area contributed by atoms with Gasteiger partial charge in [0.05, 0.1) is 11.7 Å². The van der Waals surface area contributed by atoms with E-state index in [4.69, 9.17) is 4.74 Å². The fourth-order valence-electron chi connectivity index (χ4n) is 2.67.